The minimum Gasteiger partial charge on any atom is -0.399 e. The van der Waals surface area contributed by atoms with E-state index in [1.165, 1.54) is 11.1 Å². The smallest absolute Gasteiger partial charge is 0.0318 e. The number of likely N-dealkylation sites (N-methyl/N-ethyl adjacent to an activating group) is 1. The van der Waals surface area contributed by atoms with Gasteiger partial charge in [-0.15, -0.1) is 0 Å². The van der Waals surface area contributed by atoms with E-state index in [9.17, 15) is 0 Å². The molecule has 18 heavy (non-hydrogen) atoms. The van der Waals surface area contributed by atoms with Crippen molar-refractivity contribution in [3.63, 3.8) is 0 Å². The third-order valence-corrected chi connectivity index (χ3v) is 4.17. The molecule has 2 heteroatoms. The first-order chi connectivity index (χ1) is 8.75. The van der Waals surface area contributed by atoms with Crippen molar-refractivity contribution in [1.82, 2.24) is 4.90 Å². The molecule has 2 unspecified atom stereocenters. The van der Waals surface area contributed by atoms with Gasteiger partial charge >= 0.3 is 0 Å². The van der Waals surface area contributed by atoms with Gasteiger partial charge < -0.3 is 10.6 Å². The Bertz CT molecular complexity index is 487. The van der Waals surface area contributed by atoms with E-state index in [1.54, 1.807) is 0 Å². The van der Waals surface area contributed by atoms with Crippen LogP contribution >= 0.6 is 0 Å². The number of benzene rings is 1. The highest BCUT2D eigenvalue weighted by molar-refractivity contribution is 5.36. The Kier molecular flexibility index (Phi) is 2.96. The quantitative estimate of drug-likeness (QED) is 0.817. The molecule has 0 bridgehead atoms. The molecular formula is C16H20N2. The lowest BCUT2D eigenvalue weighted by Gasteiger charge is -2.40. The van der Waals surface area contributed by atoms with E-state index in [1.807, 2.05) is 0 Å². The number of allylic oxidation sites excluding steroid dienone is 2. The fraction of sp³-hybridized carbons (Fsp3) is 0.375. The molecular weight excluding hydrogens is 220 g/mol. The molecule has 1 aromatic rings. The number of nitrogens with zero attached hydrogens (tertiary/aromatic N) is 1. The van der Waals surface area contributed by atoms with Gasteiger partial charge in [-0.2, -0.15) is 0 Å². The molecule has 2 nitrogen and oxygen atoms in total. The van der Waals surface area contributed by atoms with E-state index < -0.39 is 0 Å². The number of fused-ring (bicyclic) bond motifs is 1. The van der Waals surface area contributed by atoms with Crippen molar-refractivity contribution in [2.45, 2.75) is 12.3 Å². The molecule has 2 aliphatic rings. The highest BCUT2D eigenvalue weighted by atomic mass is 15.1. The summed E-state index contributed by atoms with van der Waals surface area (Å²) in [5.41, 5.74) is 10.0. The first-order valence-electron chi connectivity index (χ1n) is 6.64. The number of nitrogens with two attached hydrogens (primary N) is 1. The van der Waals surface area contributed by atoms with E-state index in [0.29, 0.717) is 11.8 Å². The summed E-state index contributed by atoms with van der Waals surface area (Å²) in [5.74, 6) is 1.16. The van der Waals surface area contributed by atoms with Gasteiger partial charge in [-0.25, -0.2) is 0 Å². The molecule has 1 aliphatic carbocycles. The SMILES string of the molecule is CN1CC2=C(N)C=CCC2C(c2ccccc2)C1. The zero-order chi connectivity index (χ0) is 12.5. The normalized spacial score (nSPS) is 28.3. The minimum absolute atomic E-state index is 0.573. The standard InChI is InChI=1S/C16H20N2/c1-18-10-14(12-6-3-2-4-7-12)13-8-5-9-16(17)15(13)11-18/h2-7,9,13-14H,8,10-11,17H2,1H3. The van der Waals surface area contributed by atoms with Crippen molar-refractivity contribution in [1.29, 1.82) is 0 Å². The maximum atomic E-state index is 6.16. The topological polar surface area (TPSA) is 29.3 Å². The molecule has 0 amide bonds. The van der Waals surface area contributed by atoms with Crippen molar-refractivity contribution >= 4 is 0 Å². The number of rotatable bonds is 1. The van der Waals surface area contributed by atoms with Gasteiger partial charge in [-0.3, -0.25) is 0 Å². The highest BCUT2D eigenvalue weighted by Gasteiger charge is 2.33. The lowest BCUT2D eigenvalue weighted by atomic mass is 9.74. The lowest BCUT2D eigenvalue weighted by Crippen LogP contribution is -2.40. The predicted molar refractivity (Wildman–Crippen MR) is 75.1 cm³/mol. The zero-order valence-electron chi connectivity index (χ0n) is 10.8. The van der Waals surface area contributed by atoms with Crippen LogP contribution in [0.5, 0.6) is 0 Å². The van der Waals surface area contributed by atoms with Crippen LogP contribution in [0.15, 0.2) is 53.8 Å². The van der Waals surface area contributed by atoms with Crippen molar-refractivity contribution in [2.75, 3.05) is 20.1 Å². The summed E-state index contributed by atoms with van der Waals surface area (Å²) in [4.78, 5) is 2.38. The summed E-state index contributed by atoms with van der Waals surface area (Å²) in [6.07, 6.45) is 5.43. The van der Waals surface area contributed by atoms with Crippen LogP contribution in [0.25, 0.3) is 0 Å². The molecule has 2 N–H and O–H groups in total. The third-order valence-electron chi connectivity index (χ3n) is 4.17. The van der Waals surface area contributed by atoms with E-state index in [-0.39, 0.29) is 0 Å². The average Bonchev–Trinajstić information content (AvgIpc) is 2.40. The molecule has 0 aromatic heterocycles. The van der Waals surface area contributed by atoms with Gasteiger partial charge in [0.2, 0.25) is 0 Å². The molecule has 1 saturated heterocycles. The predicted octanol–water partition coefficient (Wildman–Crippen LogP) is 2.50. The summed E-state index contributed by atoms with van der Waals surface area (Å²) < 4.78 is 0. The Balaban J connectivity index is 1.98. The molecule has 1 fully saturated rings. The number of hydrogen-bond acceptors (Lipinski definition) is 2. The fourth-order valence-electron chi connectivity index (χ4n) is 3.28. The Morgan fingerprint density at radius 3 is 2.72 bits per heavy atom. The molecule has 1 aliphatic heterocycles. The molecule has 2 atom stereocenters. The molecule has 1 aromatic carbocycles. The first-order valence-corrected chi connectivity index (χ1v) is 6.64. The second-order valence-corrected chi connectivity index (χ2v) is 5.44. The summed E-state index contributed by atoms with van der Waals surface area (Å²) in [6, 6.07) is 10.8. The number of piperidine rings is 1. The van der Waals surface area contributed by atoms with E-state index in [0.717, 1.165) is 25.2 Å². The second kappa shape index (κ2) is 4.62. The maximum Gasteiger partial charge on any atom is 0.0318 e. The maximum absolute atomic E-state index is 6.16. The summed E-state index contributed by atoms with van der Waals surface area (Å²) in [7, 11) is 2.19. The average molecular weight is 240 g/mol. The third kappa shape index (κ3) is 1.97. The van der Waals surface area contributed by atoms with Crippen LogP contribution in [0.4, 0.5) is 0 Å². The molecule has 0 radical (unpaired) electrons. The molecule has 94 valence electrons. The molecule has 0 saturated carbocycles. The second-order valence-electron chi connectivity index (χ2n) is 5.44. The van der Waals surface area contributed by atoms with Gasteiger partial charge in [0.05, 0.1) is 0 Å². The van der Waals surface area contributed by atoms with Crippen LogP contribution in [-0.2, 0) is 0 Å². The largest absolute Gasteiger partial charge is 0.399 e. The highest BCUT2D eigenvalue weighted by Crippen LogP contribution is 2.40. The first kappa shape index (κ1) is 11.5. The van der Waals surface area contributed by atoms with Crippen LogP contribution in [0.1, 0.15) is 17.9 Å². The van der Waals surface area contributed by atoms with Gasteiger partial charge in [-0.1, -0.05) is 36.4 Å². The number of likely N-dealkylation sites (tertiary alicyclic amines) is 1. The Labute approximate surface area is 109 Å². The van der Waals surface area contributed by atoms with Crippen molar-refractivity contribution in [2.24, 2.45) is 11.7 Å². The fourth-order valence-corrected chi connectivity index (χ4v) is 3.28. The van der Waals surface area contributed by atoms with Crippen LogP contribution in [-0.4, -0.2) is 25.0 Å². The summed E-state index contributed by atoms with van der Waals surface area (Å²) >= 11 is 0. The Morgan fingerprint density at radius 1 is 1.17 bits per heavy atom. The van der Waals surface area contributed by atoms with E-state index >= 15 is 0 Å². The van der Waals surface area contributed by atoms with Crippen LogP contribution in [0.2, 0.25) is 0 Å². The van der Waals surface area contributed by atoms with Gasteiger partial charge in [0.25, 0.3) is 0 Å². The van der Waals surface area contributed by atoms with Crippen LogP contribution in [0.3, 0.4) is 0 Å². The number of hydrogen-bond donors (Lipinski definition) is 1. The van der Waals surface area contributed by atoms with Gasteiger partial charge in [0.15, 0.2) is 0 Å². The van der Waals surface area contributed by atoms with Gasteiger partial charge in [0, 0.05) is 24.7 Å². The van der Waals surface area contributed by atoms with Crippen molar-refractivity contribution in [3.8, 4) is 0 Å². The Morgan fingerprint density at radius 2 is 1.94 bits per heavy atom. The lowest BCUT2D eigenvalue weighted by molar-refractivity contribution is 0.243. The summed E-state index contributed by atoms with van der Waals surface area (Å²) in [5, 5.41) is 0. The van der Waals surface area contributed by atoms with E-state index in [4.69, 9.17) is 5.73 Å². The zero-order valence-corrected chi connectivity index (χ0v) is 10.8. The van der Waals surface area contributed by atoms with Crippen LogP contribution < -0.4 is 5.73 Å². The van der Waals surface area contributed by atoms with Gasteiger partial charge in [-0.05, 0) is 36.6 Å². The van der Waals surface area contributed by atoms with Crippen molar-refractivity contribution in [3.05, 3.63) is 59.3 Å². The molecule has 0 spiro atoms. The molecule has 1 heterocycles. The van der Waals surface area contributed by atoms with Crippen molar-refractivity contribution < 1.29 is 0 Å². The molecule has 3 rings (SSSR count). The summed E-state index contributed by atoms with van der Waals surface area (Å²) in [6.45, 7) is 2.14. The Hall–Kier alpha value is -1.54. The van der Waals surface area contributed by atoms with Crippen LogP contribution in [0, 0.1) is 5.92 Å². The minimum atomic E-state index is 0.573. The monoisotopic (exact) mass is 240 g/mol. The van der Waals surface area contributed by atoms with Gasteiger partial charge in [0.1, 0.15) is 0 Å². The van der Waals surface area contributed by atoms with E-state index in [2.05, 4.69) is 54.4 Å².